The highest BCUT2D eigenvalue weighted by Crippen LogP contribution is 2.39. The third kappa shape index (κ3) is 4.69. The Morgan fingerprint density at radius 2 is 1.91 bits per heavy atom. The summed E-state index contributed by atoms with van der Waals surface area (Å²) in [6.45, 7) is 3.42. The molecule has 2 aromatic heterocycles. The summed E-state index contributed by atoms with van der Waals surface area (Å²) in [4.78, 5) is 9.28. The lowest BCUT2D eigenvalue weighted by Gasteiger charge is -2.17. The van der Waals surface area contributed by atoms with E-state index in [0.29, 0.717) is 16.7 Å². The molecule has 2 aromatic carbocycles. The molecule has 1 aliphatic carbocycles. The van der Waals surface area contributed by atoms with E-state index >= 15 is 0 Å². The number of nitrogens with one attached hydrogen (secondary N) is 2. The van der Waals surface area contributed by atoms with Crippen LogP contribution in [-0.4, -0.2) is 36.6 Å². The van der Waals surface area contributed by atoms with E-state index in [4.69, 9.17) is 4.74 Å². The molecule has 0 saturated heterocycles. The summed E-state index contributed by atoms with van der Waals surface area (Å²) in [7, 11) is 0.0592. The van der Waals surface area contributed by atoms with Crippen molar-refractivity contribution in [3.8, 4) is 17.0 Å². The van der Waals surface area contributed by atoms with Crippen molar-refractivity contribution in [2.24, 2.45) is 0 Å². The van der Waals surface area contributed by atoms with Gasteiger partial charge in [0.1, 0.15) is 10.8 Å². The van der Waals surface area contributed by atoms with Gasteiger partial charge < -0.3 is 15.2 Å². The van der Waals surface area contributed by atoms with E-state index in [1.54, 1.807) is 51.4 Å². The molecule has 0 bridgehead atoms. The Hall–Kier alpha value is -3.56. The van der Waals surface area contributed by atoms with Crippen molar-refractivity contribution >= 4 is 22.4 Å². The minimum atomic E-state index is -1.54. The van der Waals surface area contributed by atoms with E-state index in [2.05, 4.69) is 37.6 Å². The molecule has 35 heavy (non-hydrogen) atoms. The summed E-state index contributed by atoms with van der Waals surface area (Å²) in [5.74, 6) is 0.893. The van der Waals surface area contributed by atoms with Crippen molar-refractivity contribution in [3.05, 3.63) is 71.4 Å². The number of nitrogens with zero attached hydrogens (tertiary/aromatic N) is 3. The number of fused-ring (bicyclic) bond motifs is 1. The van der Waals surface area contributed by atoms with Gasteiger partial charge in [-0.3, -0.25) is 0 Å². The van der Waals surface area contributed by atoms with Crippen molar-refractivity contribution in [2.75, 3.05) is 12.4 Å². The maximum atomic E-state index is 13.1. The molecule has 1 unspecified atom stereocenters. The predicted octanol–water partition coefficient (Wildman–Crippen LogP) is 4.50. The number of hydrogen-bond donors (Lipinski definition) is 3. The number of H-pyrrole nitrogens is 1. The Labute approximate surface area is 206 Å². The zero-order valence-corrected chi connectivity index (χ0v) is 20.6. The monoisotopic (exact) mass is 489 g/mol. The number of pyridine rings is 1. The Balaban J connectivity index is 1.45. The van der Waals surface area contributed by atoms with Crippen LogP contribution < -0.4 is 10.1 Å². The van der Waals surface area contributed by atoms with Gasteiger partial charge in [0.2, 0.25) is 17.0 Å². The first-order valence-corrected chi connectivity index (χ1v) is 12.6. The summed E-state index contributed by atoms with van der Waals surface area (Å²) < 4.78 is 18.4. The highest BCUT2D eigenvalue weighted by atomic mass is 32.2. The maximum absolute atomic E-state index is 13.1. The molecule has 0 radical (unpaired) electrons. The van der Waals surface area contributed by atoms with Crippen molar-refractivity contribution in [2.45, 2.75) is 48.8 Å². The van der Waals surface area contributed by atoms with Crippen LogP contribution in [0.25, 0.3) is 11.1 Å². The number of aromatic amines is 1. The van der Waals surface area contributed by atoms with Gasteiger partial charge in [0.15, 0.2) is 0 Å². The number of rotatable bonds is 7. The van der Waals surface area contributed by atoms with E-state index < -0.39 is 16.4 Å². The second kappa shape index (κ2) is 9.24. The van der Waals surface area contributed by atoms with Crippen LogP contribution in [0.2, 0.25) is 0 Å². The van der Waals surface area contributed by atoms with Crippen LogP contribution in [0, 0.1) is 0 Å². The molecule has 0 saturated carbocycles. The van der Waals surface area contributed by atoms with Gasteiger partial charge in [-0.25, -0.2) is 14.3 Å². The number of benzene rings is 2. The maximum Gasteiger partial charge on any atom is 0.247 e. The van der Waals surface area contributed by atoms with E-state index in [0.717, 1.165) is 41.6 Å². The Bertz CT molecular complexity index is 1390. The van der Waals surface area contributed by atoms with Crippen molar-refractivity contribution < 1.29 is 14.1 Å². The number of methoxy groups -OCH3 is 1. The second-order valence-electron chi connectivity index (χ2n) is 9.01. The molecule has 5 rings (SSSR count). The van der Waals surface area contributed by atoms with Gasteiger partial charge in [0.05, 0.1) is 18.4 Å². The molecule has 0 aliphatic heterocycles. The van der Waals surface area contributed by atoms with E-state index in [1.807, 2.05) is 12.1 Å². The number of aliphatic hydroxyl groups is 1. The molecule has 1 atom stereocenters. The molecular weight excluding hydrogens is 462 g/mol. The molecule has 4 aromatic rings. The van der Waals surface area contributed by atoms with Crippen LogP contribution in [0.4, 0.5) is 11.6 Å². The molecule has 0 fully saturated rings. The number of aryl methyl sites for hydroxylation is 1. The zero-order valence-electron chi connectivity index (χ0n) is 19.8. The van der Waals surface area contributed by atoms with E-state index in [-0.39, 0.29) is 5.16 Å². The first-order chi connectivity index (χ1) is 16.8. The number of anilines is 2. The van der Waals surface area contributed by atoms with Gasteiger partial charge in [0, 0.05) is 22.7 Å². The zero-order chi connectivity index (χ0) is 24.6. The number of aromatic nitrogens is 4. The van der Waals surface area contributed by atoms with Crippen molar-refractivity contribution in [3.63, 3.8) is 0 Å². The summed E-state index contributed by atoms with van der Waals surface area (Å²) in [5, 5.41) is 20.9. The van der Waals surface area contributed by atoms with Gasteiger partial charge in [-0.15, -0.1) is 5.10 Å². The van der Waals surface area contributed by atoms with Crippen LogP contribution in [0.5, 0.6) is 5.88 Å². The Morgan fingerprint density at radius 1 is 1.11 bits per heavy atom. The van der Waals surface area contributed by atoms with E-state index in [1.165, 1.54) is 11.1 Å². The molecule has 0 spiro atoms. The fraction of sp³-hybridized carbons (Fsp3) is 0.269. The lowest BCUT2D eigenvalue weighted by molar-refractivity contribution is 0.0785. The van der Waals surface area contributed by atoms with Gasteiger partial charge in [-0.1, -0.05) is 24.3 Å². The van der Waals surface area contributed by atoms with Crippen LogP contribution >= 0.6 is 0 Å². The smallest absolute Gasteiger partial charge is 0.247 e. The normalized spacial score (nSPS) is 13.9. The molecule has 3 N–H and O–H groups in total. The summed E-state index contributed by atoms with van der Waals surface area (Å²) >= 11 is 0. The van der Waals surface area contributed by atoms with Crippen LogP contribution in [0.1, 0.15) is 37.0 Å². The average molecular weight is 490 g/mol. The number of hydrogen-bond acceptors (Lipinski definition) is 7. The van der Waals surface area contributed by atoms with E-state index in [9.17, 15) is 9.32 Å². The molecule has 2 heterocycles. The highest BCUT2D eigenvalue weighted by molar-refractivity contribution is 7.84. The van der Waals surface area contributed by atoms with Crippen LogP contribution in [0.15, 0.2) is 64.8 Å². The highest BCUT2D eigenvalue weighted by Gasteiger charge is 2.22. The summed E-state index contributed by atoms with van der Waals surface area (Å²) in [5.41, 5.74) is 5.25. The Morgan fingerprint density at radius 3 is 2.66 bits per heavy atom. The van der Waals surface area contributed by atoms with Crippen LogP contribution in [0.3, 0.4) is 0 Å². The topological polar surface area (TPSA) is 113 Å². The van der Waals surface area contributed by atoms with Gasteiger partial charge in [-0.2, -0.15) is 4.98 Å². The largest absolute Gasteiger partial charge is 0.481 e. The first-order valence-electron chi connectivity index (χ1n) is 11.4. The minimum Gasteiger partial charge on any atom is -0.481 e. The van der Waals surface area contributed by atoms with Gasteiger partial charge in [0.25, 0.3) is 0 Å². The lowest BCUT2D eigenvalue weighted by atomic mass is 9.98. The number of ether oxygens (including phenoxy) is 1. The molecular formula is C26H27N5O3S. The third-order valence-corrected chi connectivity index (χ3v) is 7.42. The fourth-order valence-corrected chi connectivity index (χ4v) is 5.24. The van der Waals surface area contributed by atoms with Crippen molar-refractivity contribution in [1.82, 2.24) is 20.2 Å². The average Bonchev–Trinajstić information content (AvgIpc) is 3.53. The quantitative estimate of drug-likeness (QED) is 0.350. The summed E-state index contributed by atoms with van der Waals surface area (Å²) in [6.07, 6.45) is 4.82. The molecule has 8 nitrogen and oxygen atoms in total. The fourth-order valence-electron chi connectivity index (χ4n) is 4.33. The van der Waals surface area contributed by atoms with Gasteiger partial charge >= 0.3 is 0 Å². The SMILES string of the molecule is COc1cc(-c2ccc3c(c2Nc2n[nH]c(S(=O)c4ccc(C(C)(C)O)cc4)n2)CCC3)ccn1. The molecule has 0 amide bonds. The first kappa shape index (κ1) is 23.2. The summed E-state index contributed by atoms with van der Waals surface area (Å²) in [6, 6.07) is 15.1. The lowest BCUT2D eigenvalue weighted by Crippen LogP contribution is -2.15. The predicted molar refractivity (Wildman–Crippen MR) is 134 cm³/mol. The third-order valence-electron chi connectivity index (χ3n) is 6.19. The standard InChI is InChI=1S/C26H27N5O3S/c1-26(2,32)18-8-10-19(11-9-18)35(33)25-29-24(30-31-25)28-23-20-6-4-5-16(20)7-12-21(23)17-13-14-27-22(15-17)34-3/h7-15,32H,4-6H2,1-3H3,(H2,28,29,30,31). The minimum absolute atomic E-state index is 0.253. The molecule has 180 valence electrons. The van der Waals surface area contributed by atoms with Crippen LogP contribution in [-0.2, 0) is 29.2 Å². The van der Waals surface area contributed by atoms with Gasteiger partial charge in [-0.05, 0) is 73.6 Å². The second-order valence-corrected chi connectivity index (χ2v) is 10.4. The molecule has 1 aliphatic rings. The van der Waals surface area contributed by atoms with Crippen molar-refractivity contribution in [1.29, 1.82) is 0 Å². The Kier molecular flexibility index (Phi) is 6.12. The molecule has 9 heteroatoms.